The quantitative estimate of drug-likeness (QED) is 0.780. The zero-order valence-corrected chi connectivity index (χ0v) is 11.8. The summed E-state index contributed by atoms with van der Waals surface area (Å²) < 4.78 is 6.68. The summed E-state index contributed by atoms with van der Waals surface area (Å²) in [7, 11) is 0. The minimum absolute atomic E-state index is 0.395. The maximum Gasteiger partial charge on any atom is 0.258 e. The van der Waals surface area contributed by atoms with Crippen molar-refractivity contribution in [1.29, 1.82) is 0 Å². The molecule has 2 N–H and O–H groups in total. The summed E-state index contributed by atoms with van der Waals surface area (Å²) >= 11 is 1.73. The van der Waals surface area contributed by atoms with Gasteiger partial charge in [0.15, 0.2) is 5.82 Å². The predicted octanol–water partition coefficient (Wildman–Crippen LogP) is 3.68. The van der Waals surface area contributed by atoms with E-state index in [1.165, 1.54) is 10.1 Å². The highest BCUT2D eigenvalue weighted by Gasteiger charge is 2.36. The number of nitrogens with two attached hydrogens (primary N) is 1. The monoisotopic (exact) mass is 285 g/mol. The van der Waals surface area contributed by atoms with Crippen LogP contribution in [0.3, 0.4) is 0 Å². The molecule has 1 fully saturated rings. The number of nitrogens with zero attached hydrogens (tertiary/aromatic N) is 2. The molecule has 4 rings (SSSR count). The van der Waals surface area contributed by atoms with Gasteiger partial charge < -0.3 is 10.3 Å². The molecule has 5 heteroatoms. The Bertz CT molecular complexity index is 755. The van der Waals surface area contributed by atoms with Crippen molar-refractivity contribution in [3.63, 3.8) is 0 Å². The third-order valence-electron chi connectivity index (χ3n) is 4.07. The molecule has 0 amide bonds. The fraction of sp³-hybridized carbons (Fsp3) is 0.333. The zero-order valence-electron chi connectivity index (χ0n) is 11.0. The van der Waals surface area contributed by atoms with E-state index in [1.807, 2.05) is 6.07 Å². The third kappa shape index (κ3) is 1.85. The van der Waals surface area contributed by atoms with Crippen LogP contribution in [0.25, 0.3) is 21.5 Å². The van der Waals surface area contributed by atoms with Crippen LogP contribution in [0.5, 0.6) is 0 Å². The van der Waals surface area contributed by atoms with Gasteiger partial charge in [0, 0.05) is 10.3 Å². The van der Waals surface area contributed by atoms with Crippen molar-refractivity contribution in [3.05, 3.63) is 35.5 Å². The molecule has 1 aromatic carbocycles. The van der Waals surface area contributed by atoms with Crippen molar-refractivity contribution in [2.24, 2.45) is 5.73 Å². The van der Waals surface area contributed by atoms with Gasteiger partial charge in [0.25, 0.3) is 5.89 Å². The van der Waals surface area contributed by atoms with Crippen LogP contribution in [0.2, 0.25) is 0 Å². The molecular formula is C15H15N3OS. The fourth-order valence-corrected chi connectivity index (χ4v) is 3.64. The summed E-state index contributed by atoms with van der Waals surface area (Å²) in [6.45, 7) is 0. The summed E-state index contributed by atoms with van der Waals surface area (Å²) in [4.78, 5) is 4.53. The number of rotatable bonds is 2. The molecule has 0 bridgehead atoms. The van der Waals surface area contributed by atoms with Crippen molar-refractivity contribution in [2.45, 2.75) is 31.2 Å². The lowest BCUT2D eigenvalue weighted by Gasteiger charge is -2.17. The van der Waals surface area contributed by atoms with Crippen LogP contribution in [0.1, 0.15) is 31.5 Å². The average molecular weight is 285 g/mol. The lowest BCUT2D eigenvalue weighted by atomic mass is 9.99. The van der Waals surface area contributed by atoms with Gasteiger partial charge >= 0.3 is 0 Å². The predicted molar refractivity (Wildman–Crippen MR) is 79.5 cm³/mol. The molecule has 2 heterocycles. The lowest BCUT2D eigenvalue weighted by molar-refractivity contribution is 0.372. The van der Waals surface area contributed by atoms with E-state index in [0.29, 0.717) is 11.7 Å². The number of thiophene rings is 1. The minimum atomic E-state index is -0.395. The highest BCUT2D eigenvalue weighted by atomic mass is 32.1. The van der Waals surface area contributed by atoms with Gasteiger partial charge in [-0.2, -0.15) is 4.98 Å². The van der Waals surface area contributed by atoms with E-state index < -0.39 is 5.54 Å². The number of hydrogen-bond acceptors (Lipinski definition) is 5. The molecule has 102 valence electrons. The van der Waals surface area contributed by atoms with Gasteiger partial charge in [-0.3, -0.25) is 0 Å². The second-order valence-electron chi connectivity index (χ2n) is 5.46. The summed E-state index contributed by atoms with van der Waals surface area (Å²) in [5.74, 6) is 1.21. The molecule has 0 aliphatic heterocycles. The highest BCUT2D eigenvalue weighted by Crippen LogP contribution is 2.35. The molecule has 0 unspecified atom stereocenters. The Morgan fingerprint density at radius 2 is 2.05 bits per heavy atom. The topological polar surface area (TPSA) is 64.9 Å². The van der Waals surface area contributed by atoms with Crippen LogP contribution >= 0.6 is 11.3 Å². The number of fused-ring (bicyclic) bond motifs is 1. The lowest BCUT2D eigenvalue weighted by Crippen LogP contribution is -2.34. The van der Waals surface area contributed by atoms with Crippen LogP contribution in [0, 0.1) is 0 Å². The maximum absolute atomic E-state index is 6.36. The first-order chi connectivity index (χ1) is 9.74. The van der Waals surface area contributed by atoms with Gasteiger partial charge in [-0.15, -0.1) is 11.3 Å². The molecule has 0 atom stereocenters. The van der Waals surface area contributed by atoms with E-state index in [1.54, 1.807) is 11.3 Å². The van der Waals surface area contributed by atoms with Gasteiger partial charge in [0.1, 0.15) is 0 Å². The second kappa shape index (κ2) is 4.40. The summed E-state index contributed by atoms with van der Waals surface area (Å²) in [6.07, 6.45) is 4.16. The molecule has 3 aromatic rings. The van der Waals surface area contributed by atoms with Crippen molar-refractivity contribution in [2.75, 3.05) is 0 Å². The Balaban J connectivity index is 1.73. The van der Waals surface area contributed by atoms with Gasteiger partial charge in [0.2, 0.25) is 0 Å². The first-order valence-corrected chi connectivity index (χ1v) is 7.73. The van der Waals surface area contributed by atoms with Gasteiger partial charge in [0.05, 0.1) is 5.54 Å². The largest absolute Gasteiger partial charge is 0.334 e. The van der Waals surface area contributed by atoms with E-state index in [9.17, 15) is 0 Å². The van der Waals surface area contributed by atoms with Crippen molar-refractivity contribution in [3.8, 4) is 11.5 Å². The standard InChI is InChI=1S/C15H15N3OS/c16-15(6-1-2-7-15)14-17-13(19-18-14)11-3-4-12-10(9-11)5-8-20-12/h3-5,8-9H,1-2,6-7,16H2. The molecule has 0 spiro atoms. The molecule has 2 aromatic heterocycles. The molecule has 1 saturated carbocycles. The minimum Gasteiger partial charge on any atom is -0.334 e. The van der Waals surface area contributed by atoms with Crippen molar-refractivity contribution >= 4 is 21.4 Å². The van der Waals surface area contributed by atoms with Crippen LogP contribution in [-0.2, 0) is 5.54 Å². The van der Waals surface area contributed by atoms with Gasteiger partial charge in [-0.1, -0.05) is 18.0 Å². The molecule has 4 nitrogen and oxygen atoms in total. The van der Waals surface area contributed by atoms with E-state index in [4.69, 9.17) is 10.3 Å². The van der Waals surface area contributed by atoms with Crippen LogP contribution in [0.4, 0.5) is 0 Å². The summed E-state index contributed by atoms with van der Waals surface area (Å²) in [5.41, 5.74) is 6.92. The summed E-state index contributed by atoms with van der Waals surface area (Å²) in [5, 5.41) is 7.39. The van der Waals surface area contributed by atoms with Crippen molar-refractivity contribution < 1.29 is 4.52 Å². The zero-order chi connectivity index (χ0) is 13.6. The highest BCUT2D eigenvalue weighted by molar-refractivity contribution is 7.17. The molecular weight excluding hydrogens is 270 g/mol. The Labute approximate surface area is 120 Å². The number of benzene rings is 1. The summed E-state index contributed by atoms with van der Waals surface area (Å²) in [6, 6.07) is 8.30. The first kappa shape index (κ1) is 12.1. The van der Waals surface area contributed by atoms with Gasteiger partial charge in [-0.25, -0.2) is 0 Å². The Morgan fingerprint density at radius 3 is 2.90 bits per heavy atom. The van der Waals surface area contributed by atoms with E-state index in [0.717, 1.165) is 31.2 Å². The SMILES string of the molecule is NC1(c2noc(-c3ccc4sccc4c3)n2)CCCC1. The van der Waals surface area contributed by atoms with Crippen molar-refractivity contribution in [1.82, 2.24) is 10.1 Å². The molecule has 0 radical (unpaired) electrons. The Morgan fingerprint density at radius 1 is 1.20 bits per heavy atom. The number of hydrogen-bond donors (Lipinski definition) is 1. The second-order valence-corrected chi connectivity index (χ2v) is 6.41. The van der Waals surface area contributed by atoms with E-state index in [2.05, 4.69) is 33.7 Å². The van der Waals surface area contributed by atoms with Crippen LogP contribution in [-0.4, -0.2) is 10.1 Å². The molecule has 0 saturated heterocycles. The molecule has 1 aliphatic rings. The fourth-order valence-electron chi connectivity index (χ4n) is 2.87. The van der Waals surface area contributed by atoms with Gasteiger partial charge in [-0.05, 0) is 47.9 Å². The smallest absolute Gasteiger partial charge is 0.258 e. The van der Waals surface area contributed by atoms with E-state index >= 15 is 0 Å². The van der Waals surface area contributed by atoms with Crippen LogP contribution < -0.4 is 5.73 Å². The third-order valence-corrected chi connectivity index (χ3v) is 4.96. The maximum atomic E-state index is 6.36. The molecule has 1 aliphatic carbocycles. The van der Waals surface area contributed by atoms with E-state index in [-0.39, 0.29) is 0 Å². The normalized spacial score (nSPS) is 17.9. The Hall–Kier alpha value is -1.72. The van der Waals surface area contributed by atoms with Crippen LogP contribution in [0.15, 0.2) is 34.2 Å². The average Bonchev–Trinajstić information content (AvgIpc) is 3.18. The first-order valence-electron chi connectivity index (χ1n) is 6.85. The molecule has 20 heavy (non-hydrogen) atoms. The number of aromatic nitrogens is 2. The Kier molecular flexibility index (Phi) is 2.65.